The van der Waals surface area contributed by atoms with Crippen LogP contribution >= 0.6 is 0 Å². The predicted octanol–water partition coefficient (Wildman–Crippen LogP) is 3.85. The molecule has 0 bridgehead atoms. The monoisotopic (exact) mass is 294 g/mol. The molecule has 1 aromatic heterocycles. The lowest BCUT2D eigenvalue weighted by atomic mass is 10.0. The summed E-state index contributed by atoms with van der Waals surface area (Å²) in [5, 5.41) is 8.88. The van der Waals surface area contributed by atoms with Crippen molar-refractivity contribution in [2.75, 3.05) is 0 Å². The van der Waals surface area contributed by atoms with Crippen LogP contribution in [0.2, 0.25) is 0 Å². The molecule has 1 heterocycles. The molecule has 0 fully saturated rings. The average Bonchev–Trinajstić information content (AvgIpc) is 2.44. The van der Waals surface area contributed by atoms with E-state index in [-0.39, 0.29) is 12.0 Å². The molecule has 0 amide bonds. The molecule has 0 saturated carbocycles. The van der Waals surface area contributed by atoms with Gasteiger partial charge in [-0.1, -0.05) is 43.7 Å². The highest BCUT2D eigenvalue weighted by atomic mass is 16.1. The van der Waals surface area contributed by atoms with Crippen molar-refractivity contribution in [3.63, 3.8) is 0 Å². The molecule has 3 nitrogen and oxygen atoms in total. The molecule has 1 aromatic carbocycles. The first-order valence-electron chi connectivity index (χ1n) is 7.61. The van der Waals surface area contributed by atoms with Crippen molar-refractivity contribution in [3.05, 3.63) is 57.4 Å². The van der Waals surface area contributed by atoms with Gasteiger partial charge < -0.3 is 4.57 Å². The van der Waals surface area contributed by atoms with E-state index in [1.165, 1.54) is 5.56 Å². The first kappa shape index (κ1) is 16.0. The topological polar surface area (TPSA) is 45.8 Å². The molecule has 2 aromatic rings. The van der Waals surface area contributed by atoms with Gasteiger partial charge in [-0.05, 0) is 31.4 Å². The van der Waals surface area contributed by atoms with E-state index in [0.29, 0.717) is 18.0 Å². The summed E-state index contributed by atoms with van der Waals surface area (Å²) in [6, 6.07) is 12.1. The molecule has 0 spiro atoms. The Labute approximate surface area is 131 Å². The second kappa shape index (κ2) is 6.62. The number of pyridine rings is 1. The maximum atomic E-state index is 12.7. The minimum atomic E-state index is -0.0484. The Bertz CT molecular complexity index is 779. The molecule has 0 aliphatic rings. The van der Waals surface area contributed by atoms with Crippen molar-refractivity contribution < 1.29 is 0 Å². The first-order valence-corrected chi connectivity index (χ1v) is 7.61. The predicted molar refractivity (Wildman–Crippen MR) is 89.8 cm³/mol. The molecule has 114 valence electrons. The van der Waals surface area contributed by atoms with Crippen molar-refractivity contribution in [1.29, 1.82) is 5.26 Å². The quantitative estimate of drug-likeness (QED) is 0.859. The molecule has 0 saturated heterocycles. The van der Waals surface area contributed by atoms with Crippen LogP contribution in [0, 0.1) is 31.1 Å². The summed E-state index contributed by atoms with van der Waals surface area (Å²) in [5.74, 6) is 0.361. The van der Waals surface area contributed by atoms with Crippen molar-refractivity contribution in [1.82, 2.24) is 4.57 Å². The molecule has 3 heteroatoms. The molecule has 22 heavy (non-hydrogen) atoms. The third-order valence-corrected chi connectivity index (χ3v) is 3.73. The maximum absolute atomic E-state index is 12.7. The summed E-state index contributed by atoms with van der Waals surface area (Å²) >= 11 is 0. The summed E-state index contributed by atoms with van der Waals surface area (Å²) in [4.78, 5) is 12.7. The number of aryl methyl sites for hydroxylation is 2. The molecular formula is C19H22N2O. The Hall–Kier alpha value is -2.34. The third kappa shape index (κ3) is 3.28. The van der Waals surface area contributed by atoms with Crippen molar-refractivity contribution in [2.24, 2.45) is 5.92 Å². The number of benzene rings is 1. The minimum Gasteiger partial charge on any atom is -0.308 e. The van der Waals surface area contributed by atoms with Crippen LogP contribution in [0.4, 0.5) is 0 Å². The Morgan fingerprint density at radius 3 is 2.50 bits per heavy atom. The molecule has 0 N–H and O–H groups in total. The highest BCUT2D eigenvalue weighted by Crippen LogP contribution is 2.24. The van der Waals surface area contributed by atoms with Gasteiger partial charge in [-0.25, -0.2) is 0 Å². The van der Waals surface area contributed by atoms with Crippen LogP contribution in [0.3, 0.4) is 0 Å². The van der Waals surface area contributed by atoms with Gasteiger partial charge in [-0.2, -0.15) is 5.26 Å². The summed E-state index contributed by atoms with van der Waals surface area (Å²) in [6.07, 6.45) is 0.157. The van der Waals surface area contributed by atoms with E-state index in [4.69, 9.17) is 5.26 Å². The maximum Gasteiger partial charge on any atom is 0.255 e. The molecule has 2 rings (SSSR count). The van der Waals surface area contributed by atoms with Gasteiger partial charge in [0.15, 0.2) is 0 Å². The van der Waals surface area contributed by atoms with Crippen molar-refractivity contribution in [2.45, 2.75) is 40.7 Å². The summed E-state index contributed by atoms with van der Waals surface area (Å²) in [6.45, 7) is 8.97. The molecule has 0 aliphatic heterocycles. The lowest BCUT2D eigenvalue weighted by Gasteiger charge is -2.18. The highest BCUT2D eigenvalue weighted by Gasteiger charge is 2.13. The Morgan fingerprint density at radius 2 is 1.91 bits per heavy atom. The normalized spacial score (nSPS) is 10.7. The van der Waals surface area contributed by atoms with Gasteiger partial charge in [-0.3, -0.25) is 4.79 Å². The van der Waals surface area contributed by atoms with Crippen LogP contribution in [0.25, 0.3) is 11.3 Å². The zero-order chi connectivity index (χ0) is 16.3. The molecule has 0 radical (unpaired) electrons. The number of hydrogen-bond acceptors (Lipinski definition) is 2. The second-order valence-corrected chi connectivity index (χ2v) is 6.21. The second-order valence-electron chi connectivity index (χ2n) is 6.21. The Kier molecular flexibility index (Phi) is 4.82. The average molecular weight is 294 g/mol. The number of hydrogen-bond donors (Lipinski definition) is 0. The van der Waals surface area contributed by atoms with Gasteiger partial charge >= 0.3 is 0 Å². The van der Waals surface area contributed by atoms with E-state index in [1.54, 1.807) is 6.07 Å². The number of nitriles is 1. The molecule has 0 aliphatic carbocycles. The van der Waals surface area contributed by atoms with Gasteiger partial charge in [0.05, 0.1) is 18.2 Å². The van der Waals surface area contributed by atoms with Crippen LogP contribution in [0.15, 0.2) is 35.1 Å². The van der Waals surface area contributed by atoms with Crippen molar-refractivity contribution >= 4 is 0 Å². The highest BCUT2D eigenvalue weighted by molar-refractivity contribution is 5.64. The fraction of sp³-hybridized carbons (Fsp3) is 0.368. The number of aromatic nitrogens is 1. The van der Waals surface area contributed by atoms with Crippen LogP contribution in [-0.4, -0.2) is 4.57 Å². The smallest absolute Gasteiger partial charge is 0.255 e. The zero-order valence-corrected chi connectivity index (χ0v) is 13.7. The van der Waals surface area contributed by atoms with Crippen LogP contribution in [0.5, 0.6) is 0 Å². The summed E-state index contributed by atoms with van der Waals surface area (Å²) in [5.41, 5.74) is 4.89. The fourth-order valence-electron chi connectivity index (χ4n) is 2.73. The van der Waals surface area contributed by atoms with E-state index in [1.807, 2.05) is 10.6 Å². The van der Waals surface area contributed by atoms with E-state index in [0.717, 1.165) is 16.8 Å². The van der Waals surface area contributed by atoms with Crippen LogP contribution in [0.1, 0.15) is 30.5 Å². The Balaban J connectivity index is 2.67. The van der Waals surface area contributed by atoms with E-state index < -0.39 is 0 Å². The minimum absolute atomic E-state index is 0.0484. The lowest BCUT2D eigenvalue weighted by Crippen LogP contribution is -2.27. The van der Waals surface area contributed by atoms with Crippen LogP contribution in [-0.2, 0) is 13.0 Å². The molecule has 0 unspecified atom stereocenters. The largest absolute Gasteiger partial charge is 0.308 e. The fourth-order valence-corrected chi connectivity index (χ4v) is 2.73. The standard InChI is InChI=1S/C19H22N2O/c1-13(2)12-21-18(8-6-16(9-10-20)19(21)22)17-7-5-14(3)11-15(17)4/h5-8,11,13H,9,12H2,1-4H3. The summed E-state index contributed by atoms with van der Waals surface area (Å²) < 4.78 is 1.81. The third-order valence-electron chi connectivity index (χ3n) is 3.73. The lowest BCUT2D eigenvalue weighted by molar-refractivity contribution is 0.513. The number of rotatable bonds is 4. The number of nitrogens with zero attached hydrogens (tertiary/aromatic N) is 2. The van der Waals surface area contributed by atoms with Crippen LogP contribution < -0.4 is 5.56 Å². The SMILES string of the molecule is Cc1ccc(-c2ccc(CC#N)c(=O)n2CC(C)C)c(C)c1. The molecular weight excluding hydrogens is 272 g/mol. The van der Waals surface area contributed by atoms with E-state index in [2.05, 4.69) is 52.0 Å². The zero-order valence-electron chi connectivity index (χ0n) is 13.7. The van der Waals surface area contributed by atoms with Gasteiger partial charge in [-0.15, -0.1) is 0 Å². The van der Waals surface area contributed by atoms with Gasteiger partial charge in [0, 0.05) is 17.7 Å². The van der Waals surface area contributed by atoms with E-state index in [9.17, 15) is 4.79 Å². The van der Waals surface area contributed by atoms with Gasteiger partial charge in [0.1, 0.15) is 0 Å². The summed E-state index contributed by atoms with van der Waals surface area (Å²) in [7, 11) is 0. The van der Waals surface area contributed by atoms with Gasteiger partial charge in [0.2, 0.25) is 0 Å². The van der Waals surface area contributed by atoms with Crippen molar-refractivity contribution in [3.8, 4) is 17.3 Å². The van der Waals surface area contributed by atoms with E-state index >= 15 is 0 Å². The molecule has 0 atom stereocenters. The first-order chi connectivity index (χ1) is 10.4. The van der Waals surface area contributed by atoms with Gasteiger partial charge in [0.25, 0.3) is 5.56 Å². The Morgan fingerprint density at radius 1 is 1.18 bits per heavy atom.